The highest BCUT2D eigenvalue weighted by Gasteiger charge is 2.11. The number of hydrogen-bond acceptors (Lipinski definition) is 3. The van der Waals surface area contributed by atoms with Gasteiger partial charge in [0.25, 0.3) is 0 Å². The van der Waals surface area contributed by atoms with Gasteiger partial charge in [-0.15, -0.1) is 11.6 Å². The molecule has 8 heteroatoms. The van der Waals surface area contributed by atoms with Crippen LogP contribution in [0.5, 0.6) is 0 Å². The molecule has 0 saturated carbocycles. The zero-order chi connectivity index (χ0) is 10.8. The summed E-state index contributed by atoms with van der Waals surface area (Å²) in [5.74, 6) is 0. The Kier molecular flexibility index (Phi) is 4.00. The lowest BCUT2D eigenvalue weighted by Gasteiger charge is -2.06. The largest absolute Gasteiger partial charge is 0.279 e. The molecule has 1 aromatic rings. The number of rotatable bonds is 3. The monoisotopic (exact) mass is 318 g/mol. The molecule has 1 N–H and O–H groups in total. The molecule has 0 amide bonds. The third-order valence-electron chi connectivity index (χ3n) is 1.21. The molecule has 0 bridgehead atoms. The number of anilines is 1. The first kappa shape index (κ1) is 12.0. The van der Waals surface area contributed by atoms with Crippen molar-refractivity contribution in [3.63, 3.8) is 0 Å². The summed E-state index contributed by atoms with van der Waals surface area (Å²) in [7, 11) is -3.54. The molecule has 0 fully saturated rings. The molecule has 14 heavy (non-hydrogen) atoms. The van der Waals surface area contributed by atoms with Crippen LogP contribution in [-0.4, -0.2) is 18.6 Å². The second-order valence-corrected chi connectivity index (χ2v) is 5.90. The maximum atomic E-state index is 11.1. The first-order valence-corrected chi connectivity index (χ1v) is 6.68. The highest BCUT2D eigenvalue weighted by molar-refractivity contribution is 9.10. The Hall–Kier alpha value is -0.0400. The molecule has 0 aliphatic carbocycles. The fourth-order valence-corrected chi connectivity index (χ4v) is 1.94. The van der Waals surface area contributed by atoms with Crippen LogP contribution in [0.4, 0.5) is 5.69 Å². The summed E-state index contributed by atoms with van der Waals surface area (Å²) in [6, 6.07) is 1.50. The van der Waals surface area contributed by atoms with Crippen LogP contribution < -0.4 is 4.72 Å². The molecule has 0 aromatic carbocycles. The minimum Gasteiger partial charge on any atom is -0.279 e. The molecule has 4 nitrogen and oxygen atoms in total. The summed E-state index contributed by atoms with van der Waals surface area (Å²) < 4.78 is 25.0. The maximum absolute atomic E-state index is 11.1. The van der Waals surface area contributed by atoms with Crippen LogP contribution in [0.1, 0.15) is 0 Å². The number of alkyl halides is 1. The van der Waals surface area contributed by atoms with Gasteiger partial charge in [-0.2, -0.15) is 0 Å². The van der Waals surface area contributed by atoms with Crippen LogP contribution >= 0.6 is 39.1 Å². The average Bonchev–Trinajstić information content (AvgIpc) is 2.11. The van der Waals surface area contributed by atoms with E-state index in [1.807, 2.05) is 0 Å². The van der Waals surface area contributed by atoms with Crippen molar-refractivity contribution >= 4 is 54.8 Å². The van der Waals surface area contributed by atoms with E-state index >= 15 is 0 Å². The zero-order valence-electron chi connectivity index (χ0n) is 6.67. The van der Waals surface area contributed by atoms with Gasteiger partial charge < -0.3 is 0 Å². The predicted octanol–water partition coefficient (Wildman–Crippen LogP) is 2.44. The molecular weight excluding hydrogens is 315 g/mol. The highest BCUT2D eigenvalue weighted by Crippen LogP contribution is 2.23. The number of pyridine rings is 1. The minimum absolute atomic E-state index is 0.0712. The van der Waals surface area contributed by atoms with Gasteiger partial charge in [0.2, 0.25) is 10.0 Å². The molecule has 0 spiro atoms. The number of sulfonamides is 1. The molecule has 0 atom stereocenters. The van der Waals surface area contributed by atoms with Crippen molar-refractivity contribution in [3.8, 4) is 0 Å². The fourth-order valence-electron chi connectivity index (χ4n) is 0.689. The smallest absolute Gasteiger partial charge is 0.246 e. The molecule has 1 aromatic heterocycles. The topological polar surface area (TPSA) is 59.1 Å². The Morgan fingerprint density at radius 2 is 2.21 bits per heavy atom. The number of aromatic nitrogens is 1. The van der Waals surface area contributed by atoms with Gasteiger partial charge in [0.15, 0.2) is 5.15 Å². The van der Waals surface area contributed by atoms with Gasteiger partial charge in [0.1, 0.15) is 5.21 Å². The number of hydrogen-bond donors (Lipinski definition) is 1. The van der Waals surface area contributed by atoms with Crippen LogP contribution in [0.3, 0.4) is 0 Å². The molecule has 78 valence electrons. The standard InChI is InChI=1S/C6H5BrCl2N2O2S/c7-4-1-5(6(9)10-2-4)11-14(12,13)3-8/h1-2,11H,3H2. The third-order valence-corrected chi connectivity index (χ3v) is 3.63. The Labute approximate surface area is 99.8 Å². The van der Waals surface area contributed by atoms with E-state index in [1.165, 1.54) is 12.3 Å². The van der Waals surface area contributed by atoms with Gasteiger partial charge >= 0.3 is 0 Å². The van der Waals surface area contributed by atoms with Gasteiger partial charge in [-0.3, -0.25) is 4.72 Å². The Morgan fingerprint density at radius 3 is 2.79 bits per heavy atom. The lowest BCUT2D eigenvalue weighted by atomic mass is 10.4. The maximum Gasteiger partial charge on any atom is 0.246 e. The van der Waals surface area contributed by atoms with Crippen molar-refractivity contribution in [3.05, 3.63) is 21.9 Å². The van der Waals surface area contributed by atoms with Gasteiger partial charge in [0.05, 0.1) is 5.69 Å². The Bertz CT molecular complexity index is 437. The molecule has 0 saturated heterocycles. The van der Waals surface area contributed by atoms with E-state index in [2.05, 4.69) is 25.6 Å². The molecule has 0 aliphatic rings. The van der Waals surface area contributed by atoms with Crippen molar-refractivity contribution in [2.45, 2.75) is 0 Å². The second-order valence-electron chi connectivity index (χ2n) is 2.32. The molecule has 0 radical (unpaired) electrons. The van der Waals surface area contributed by atoms with Crippen molar-refractivity contribution in [2.24, 2.45) is 0 Å². The lowest BCUT2D eigenvalue weighted by Crippen LogP contribution is -2.13. The number of nitrogens with one attached hydrogen (secondary N) is 1. The molecule has 1 heterocycles. The van der Waals surface area contributed by atoms with E-state index in [1.54, 1.807) is 0 Å². The fraction of sp³-hybridized carbons (Fsp3) is 0.167. The summed E-state index contributed by atoms with van der Waals surface area (Å²) >= 11 is 14.0. The average molecular weight is 320 g/mol. The summed E-state index contributed by atoms with van der Waals surface area (Å²) in [5, 5.41) is -0.461. The van der Waals surface area contributed by atoms with Gasteiger partial charge in [-0.25, -0.2) is 13.4 Å². The minimum atomic E-state index is -3.54. The second kappa shape index (κ2) is 4.65. The van der Waals surface area contributed by atoms with E-state index in [0.29, 0.717) is 4.47 Å². The zero-order valence-corrected chi connectivity index (χ0v) is 10.6. The van der Waals surface area contributed by atoms with Crippen LogP contribution in [0.15, 0.2) is 16.7 Å². The van der Waals surface area contributed by atoms with E-state index in [0.717, 1.165) is 0 Å². The van der Waals surface area contributed by atoms with Crippen molar-refractivity contribution < 1.29 is 8.42 Å². The first-order chi connectivity index (χ1) is 6.44. The van der Waals surface area contributed by atoms with E-state index in [9.17, 15) is 8.42 Å². The predicted molar refractivity (Wildman–Crippen MR) is 60.2 cm³/mol. The van der Waals surface area contributed by atoms with Crippen molar-refractivity contribution in [1.29, 1.82) is 0 Å². The van der Waals surface area contributed by atoms with E-state index in [4.69, 9.17) is 23.2 Å². The van der Waals surface area contributed by atoms with E-state index < -0.39 is 15.2 Å². The van der Waals surface area contributed by atoms with Crippen LogP contribution in [0, 0.1) is 0 Å². The summed E-state index contributed by atoms with van der Waals surface area (Å²) in [6.07, 6.45) is 1.46. The number of nitrogens with zero attached hydrogens (tertiary/aromatic N) is 1. The first-order valence-electron chi connectivity index (χ1n) is 3.32. The molecular formula is C6H5BrCl2N2O2S. The van der Waals surface area contributed by atoms with E-state index in [-0.39, 0.29) is 10.8 Å². The number of halogens is 3. The quantitative estimate of drug-likeness (QED) is 0.687. The van der Waals surface area contributed by atoms with Gasteiger partial charge in [0, 0.05) is 10.7 Å². The van der Waals surface area contributed by atoms with Crippen LogP contribution in [0.25, 0.3) is 0 Å². The van der Waals surface area contributed by atoms with Gasteiger partial charge in [-0.1, -0.05) is 11.6 Å². The van der Waals surface area contributed by atoms with Crippen molar-refractivity contribution in [2.75, 3.05) is 9.93 Å². The highest BCUT2D eigenvalue weighted by atomic mass is 79.9. The van der Waals surface area contributed by atoms with Crippen LogP contribution in [0.2, 0.25) is 5.15 Å². The molecule has 0 unspecified atom stereocenters. The Morgan fingerprint density at radius 1 is 1.57 bits per heavy atom. The SMILES string of the molecule is O=S(=O)(CCl)Nc1cc(Br)cnc1Cl. The van der Waals surface area contributed by atoms with Crippen molar-refractivity contribution in [1.82, 2.24) is 4.98 Å². The normalized spacial score (nSPS) is 11.4. The Balaban J connectivity index is 3.03. The third kappa shape index (κ3) is 3.27. The van der Waals surface area contributed by atoms with Crippen LogP contribution in [-0.2, 0) is 10.0 Å². The summed E-state index contributed by atoms with van der Waals surface area (Å²) in [5.41, 5.74) is 0.196. The molecule has 1 rings (SSSR count). The lowest BCUT2D eigenvalue weighted by molar-refractivity contribution is 0.605. The van der Waals surface area contributed by atoms with Gasteiger partial charge in [-0.05, 0) is 22.0 Å². The molecule has 0 aliphatic heterocycles. The summed E-state index contributed by atoms with van der Waals surface area (Å²) in [4.78, 5) is 3.75. The summed E-state index contributed by atoms with van der Waals surface area (Å²) in [6.45, 7) is 0.